The number of carbonyl (C=O) groups is 2. The number of hydrogen-bond donors (Lipinski definition) is 2. The maximum atomic E-state index is 11.1. The van der Waals surface area contributed by atoms with Gasteiger partial charge in [-0.15, -0.1) is 0 Å². The summed E-state index contributed by atoms with van der Waals surface area (Å²) in [5.74, 6) is -1.45. The van der Waals surface area contributed by atoms with E-state index in [2.05, 4.69) is 0 Å². The highest BCUT2D eigenvalue weighted by Crippen LogP contribution is 2.36. The van der Waals surface area contributed by atoms with Gasteiger partial charge in [0.25, 0.3) is 0 Å². The number of nitrogens with two attached hydrogens (primary N) is 1. The third-order valence-corrected chi connectivity index (χ3v) is 2.58. The monoisotopic (exact) mass is 253 g/mol. The molecule has 6 nitrogen and oxygen atoms in total. The van der Waals surface area contributed by atoms with E-state index in [1.165, 1.54) is 26.4 Å². The van der Waals surface area contributed by atoms with Gasteiger partial charge in [-0.1, -0.05) is 0 Å². The van der Waals surface area contributed by atoms with Crippen molar-refractivity contribution in [1.29, 1.82) is 0 Å². The molecule has 0 bridgehead atoms. The fourth-order valence-electron chi connectivity index (χ4n) is 1.70. The van der Waals surface area contributed by atoms with Crippen molar-refractivity contribution in [2.24, 2.45) is 5.73 Å². The van der Waals surface area contributed by atoms with Gasteiger partial charge in [-0.25, -0.2) is 0 Å². The molecule has 3 N–H and O–H groups in total. The lowest BCUT2D eigenvalue weighted by Crippen LogP contribution is -2.22. The fourth-order valence-corrected chi connectivity index (χ4v) is 1.70. The van der Waals surface area contributed by atoms with Gasteiger partial charge in [0.15, 0.2) is 11.5 Å². The van der Waals surface area contributed by atoms with Crippen molar-refractivity contribution in [1.82, 2.24) is 0 Å². The van der Waals surface area contributed by atoms with Crippen LogP contribution in [0, 0.1) is 0 Å². The first-order chi connectivity index (χ1) is 8.58. The first-order valence-corrected chi connectivity index (χ1v) is 5.23. The Balaban J connectivity index is 3.47. The average Bonchev–Trinajstić information content (AvgIpc) is 2.37. The van der Waals surface area contributed by atoms with E-state index in [9.17, 15) is 9.59 Å². The van der Waals surface area contributed by atoms with E-state index in [0.29, 0.717) is 23.2 Å². The number of benzene rings is 1. The van der Waals surface area contributed by atoms with Gasteiger partial charge in [0.1, 0.15) is 6.29 Å². The number of aldehydes is 1. The Hall–Kier alpha value is -2.08. The van der Waals surface area contributed by atoms with E-state index in [1.807, 2.05) is 0 Å². The molecule has 1 atom stereocenters. The molecule has 0 amide bonds. The molecule has 6 heteroatoms. The third-order valence-electron chi connectivity index (χ3n) is 2.58. The highest BCUT2D eigenvalue weighted by Gasteiger charge is 2.25. The number of carboxylic acids is 1. The molecule has 0 fully saturated rings. The van der Waals surface area contributed by atoms with Crippen molar-refractivity contribution in [2.45, 2.75) is 5.92 Å². The van der Waals surface area contributed by atoms with Crippen LogP contribution in [0.1, 0.15) is 21.8 Å². The summed E-state index contributed by atoms with van der Waals surface area (Å²) in [5, 5.41) is 9.11. The summed E-state index contributed by atoms with van der Waals surface area (Å²) in [4.78, 5) is 22.0. The van der Waals surface area contributed by atoms with Gasteiger partial charge < -0.3 is 20.3 Å². The summed E-state index contributed by atoms with van der Waals surface area (Å²) in [6.45, 7) is -0.100. The zero-order chi connectivity index (χ0) is 13.7. The number of rotatable bonds is 6. The van der Waals surface area contributed by atoms with Crippen LogP contribution in [0.2, 0.25) is 0 Å². The van der Waals surface area contributed by atoms with Crippen LogP contribution in [-0.4, -0.2) is 38.1 Å². The minimum Gasteiger partial charge on any atom is -0.493 e. The lowest BCUT2D eigenvalue weighted by Gasteiger charge is -2.17. The van der Waals surface area contributed by atoms with E-state index >= 15 is 0 Å². The van der Waals surface area contributed by atoms with Crippen molar-refractivity contribution in [3.8, 4) is 11.5 Å². The molecule has 0 saturated carbocycles. The third kappa shape index (κ3) is 2.60. The number of methoxy groups -OCH3 is 2. The van der Waals surface area contributed by atoms with Crippen LogP contribution in [0.25, 0.3) is 0 Å². The van der Waals surface area contributed by atoms with E-state index in [0.717, 1.165) is 0 Å². The molecular formula is C12H15NO5. The SMILES string of the molecule is COc1cc(C=O)cc(C(CN)C(=O)O)c1OC. The number of ether oxygens (including phenoxy) is 2. The van der Waals surface area contributed by atoms with Gasteiger partial charge in [0.2, 0.25) is 0 Å². The standard InChI is InChI=1S/C12H15NO5/c1-17-10-4-7(6-14)3-8(11(10)18-2)9(5-13)12(15)16/h3-4,6,9H,5,13H2,1-2H3,(H,15,16). The fraction of sp³-hybridized carbons (Fsp3) is 0.333. The van der Waals surface area contributed by atoms with E-state index in [-0.39, 0.29) is 12.3 Å². The molecule has 0 aliphatic rings. The van der Waals surface area contributed by atoms with E-state index in [4.69, 9.17) is 20.3 Å². The van der Waals surface area contributed by atoms with Crippen LogP contribution in [0.3, 0.4) is 0 Å². The van der Waals surface area contributed by atoms with Crippen molar-refractivity contribution in [3.63, 3.8) is 0 Å². The molecule has 98 valence electrons. The summed E-state index contributed by atoms with van der Waals surface area (Å²) in [5.41, 5.74) is 6.08. The molecule has 0 spiro atoms. The lowest BCUT2D eigenvalue weighted by molar-refractivity contribution is -0.138. The van der Waals surface area contributed by atoms with Crippen LogP contribution in [0.4, 0.5) is 0 Å². The molecule has 1 aromatic carbocycles. The maximum Gasteiger partial charge on any atom is 0.312 e. The lowest BCUT2D eigenvalue weighted by atomic mass is 9.96. The van der Waals surface area contributed by atoms with Crippen molar-refractivity contribution < 1.29 is 24.2 Å². The van der Waals surface area contributed by atoms with Gasteiger partial charge >= 0.3 is 5.97 Å². The second-order valence-corrected chi connectivity index (χ2v) is 3.59. The second-order valence-electron chi connectivity index (χ2n) is 3.59. The Morgan fingerprint density at radius 1 is 1.44 bits per heavy atom. The summed E-state index contributed by atoms with van der Waals surface area (Å²) in [7, 11) is 2.81. The first-order valence-electron chi connectivity index (χ1n) is 5.23. The average molecular weight is 253 g/mol. The Morgan fingerprint density at radius 3 is 2.50 bits per heavy atom. The van der Waals surface area contributed by atoms with Crippen molar-refractivity contribution in [2.75, 3.05) is 20.8 Å². The van der Waals surface area contributed by atoms with Gasteiger partial charge in [-0.3, -0.25) is 9.59 Å². The minimum absolute atomic E-state index is 0.100. The highest BCUT2D eigenvalue weighted by atomic mass is 16.5. The van der Waals surface area contributed by atoms with Gasteiger partial charge in [-0.2, -0.15) is 0 Å². The Labute approximate surface area is 104 Å². The Bertz CT molecular complexity index is 458. The van der Waals surface area contributed by atoms with Gasteiger partial charge in [0.05, 0.1) is 20.1 Å². The largest absolute Gasteiger partial charge is 0.493 e. The second kappa shape index (κ2) is 6.02. The highest BCUT2D eigenvalue weighted by molar-refractivity contribution is 5.82. The quantitative estimate of drug-likeness (QED) is 0.722. The number of hydrogen-bond acceptors (Lipinski definition) is 5. The molecule has 0 aliphatic heterocycles. The predicted octanol–water partition coefficient (Wildman–Crippen LogP) is 0.643. The first kappa shape index (κ1) is 14.0. The molecular weight excluding hydrogens is 238 g/mol. The molecule has 1 aromatic rings. The predicted molar refractivity (Wildman–Crippen MR) is 64.4 cm³/mol. The summed E-state index contributed by atoms with van der Waals surface area (Å²) in [6.07, 6.45) is 0.612. The number of aliphatic carboxylic acids is 1. The van der Waals surface area contributed by atoms with Crippen LogP contribution in [-0.2, 0) is 4.79 Å². The number of carbonyl (C=O) groups excluding carboxylic acids is 1. The molecule has 1 rings (SSSR count). The molecule has 0 radical (unpaired) electrons. The molecule has 18 heavy (non-hydrogen) atoms. The van der Waals surface area contributed by atoms with Crippen molar-refractivity contribution >= 4 is 12.3 Å². The molecule has 0 heterocycles. The molecule has 0 aliphatic carbocycles. The minimum atomic E-state index is -1.08. The summed E-state index contributed by atoms with van der Waals surface area (Å²) in [6, 6.07) is 2.92. The van der Waals surface area contributed by atoms with Crippen LogP contribution >= 0.6 is 0 Å². The van der Waals surface area contributed by atoms with Crippen LogP contribution in [0.5, 0.6) is 11.5 Å². The van der Waals surface area contributed by atoms with E-state index in [1.54, 1.807) is 0 Å². The van der Waals surface area contributed by atoms with Crippen molar-refractivity contribution in [3.05, 3.63) is 23.3 Å². The van der Waals surface area contributed by atoms with Gasteiger partial charge in [-0.05, 0) is 12.1 Å². The topological polar surface area (TPSA) is 98.9 Å². The zero-order valence-corrected chi connectivity index (χ0v) is 10.2. The van der Waals surface area contributed by atoms with Crippen LogP contribution in [0.15, 0.2) is 12.1 Å². The Kier molecular flexibility index (Phi) is 4.67. The normalized spacial score (nSPS) is 11.7. The Morgan fingerprint density at radius 2 is 2.11 bits per heavy atom. The molecule has 0 aromatic heterocycles. The van der Waals surface area contributed by atoms with Crippen LogP contribution < -0.4 is 15.2 Å². The maximum absolute atomic E-state index is 11.1. The molecule has 0 saturated heterocycles. The molecule has 1 unspecified atom stereocenters. The van der Waals surface area contributed by atoms with E-state index < -0.39 is 11.9 Å². The number of carboxylic acid groups (broad SMARTS) is 1. The van der Waals surface area contributed by atoms with Gasteiger partial charge in [0, 0.05) is 17.7 Å². The summed E-state index contributed by atoms with van der Waals surface area (Å²) >= 11 is 0. The summed E-state index contributed by atoms with van der Waals surface area (Å²) < 4.78 is 10.2. The smallest absolute Gasteiger partial charge is 0.312 e. The zero-order valence-electron chi connectivity index (χ0n) is 10.2.